The van der Waals surface area contributed by atoms with Gasteiger partial charge in [0.2, 0.25) is 0 Å². The van der Waals surface area contributed by atoms with Crippen molar-refractivity contribution in [2.75, 3.05) is 12.4 Å². The molecule has 0 aliphatic rings. The summed E-state index contributed by atoms with van der Waals surface area (Å²) < 4.78 is 46.4. The molecule has 1 N–H and O–H groups in total. The monoisotopic (exact) mass is 492 g/mol. The molecule has 0 unspecified atom stereocenters. The van der Waals surface area contributed by atoms with E-state index < -0.39 is 23.4 Å². The molecule has 1 aromatic carbocycles. The molecule has 0 fully saturated rings. The van der Waals surface area contributed by atoms with Crippen LogP contribution in [0.2, 0.25) is 0 Å². The lowest BCUT2D eigenvalue weighted by Crippen LogP contribution is -2.20. The van der Waals surface area contributed by atoms with E-state index in [-0.39, 0.29) is 28.5 Å². The van der Waals surface area contributed by atoms with Gasteiger partial charge in [0, 0.05) is 5.75 Å². The first-order valence-electron chi connectivity index (χ1n) is 10.1. The van der Waals surface area contributed by atoms with E-state index in [1.165, 1.54) is 11.3 Å². The van der Waals surface area contributed by atoms with Gasteiger partial charge in [0.15, 0.2) is 0 Å². The molecule has 0 saturated carbocycles. The zero-order chi connectivity index (χ0) is 24.2. The van der Waals surface area contributed by atoms with Gasteiger partial charge in [0.25, 0.3) is 0 Å². The van der Waals surface area contributed by atoms with Crippen LogP contribution in [-0.2, 0) is 11.6 Å². The number of nitrogens with zero attached hydrogens (tertiary/aromatic N) is 2. The molecule has 0 saturated heterocycles. The second-order valence-corrected chi connectivity index (χ2v) is 10.3. The Morgan fingerprint density at radius 1 is 1.18 bits per heavy atom. The Labute approximate surface area is 199 Å². The Bertz CT molecular complexity index is 1120. The zero-order valence-electron chi connectivity index (χ0n) is 18.3. The number of thioether (sulfide) groups is 1. The van der Waals surface area contributed by atoms with Crippen LogP contribution in [0.15, 0.2) is 52.9 Å². The number of alkyl halides is 3. The first kappa shape index (κ1) is 25.1. The number of aliphatic hydroxyl groups is 1. The normalized spacial score (nSPS) is 12.9. The molecular weight excluding hydrogens is 469 g/mol. The molecule has 2 heterocycles. The molecule has 0 radical (unpaired) electrons. The molecule has 2 aromatic heterocycles. The number of rotatable bonds is 7. The highest BCUT2D eigenvalue weighted by molar-refractivity contribution is 7.99. The van der Waals surface area contributed by atoms with Gasteiger partial charge < -0.3 is 9.84 Å². The predicted molar refractivity (Wildman–Crippen MR) is 125 cm³/mol. The Morgan fingerprint density at radius 3 is 2.42 bits per heavy atom. The summed E-state index contributed by atoms with van der Waals surface area (Å²) >= 11 is 2.16. The Hall–Kier alpha value is -2.54. The molecule has 4 nitrogen and oxygen atoms in total. The molecular formula is C24H23F3N2O2S2. The van der Waals surface area contributed by atoms with Crippen molar-refractivity contribution in [3.05, 3.63) is 64.5 Å². The van der Waals surface area contributed by atoms with Crippen LogP contribution in [0.1, 0.15) is 37.5 Å². The molecule has 0 amide bonds. The van der Waals surface area contributed by atoms with Gasteiger partial charge in [-0.15, -0.1) is 23.1 Å². The third-order valence-corrected chi connectivity index (χ3v) is 6.76. The number of halogens is 3. The molecule has 33 heavy (non-hydrogen) atoms. The summed E-state index contributed by atoms with van der Waals surface area (Å²) in [6, 6.07) is 13.4. The number of hydrogen-bond acceptors (Lipinski definition) is 6. The standard InChI is InChI=1S/C24H23F3N2O2S2/c1-23(2,3)15-6-8-17(9-7-15)31-13-16(30)14-33-22-18(12-28)19(24(25,26)27)11-20(29-22)21-5-4-10-32-21/h4-11,16,30H,13-14H2,1-3H3/t16-/m1/s1. The Morgan fingerprint density at radius 2 is 1.88 bits per heavy atom. The van der Waals surface area contributed by atoms with E-state index in [0.29, 0.717) is 10.6 Å². The van der Waals surface area contributed by atoms with Crippen LogP contribution in [0.25, 0.3) is 10.6 Å². The van der Waals surface area contributed by atoms with Crippen molar-refractivity contribution >= 4 is 23.1 Å². The summed E-state index contributed by atoms with van der Waals surface area (Å²) in [6.45, 7) is 6.27. The summed E-state index contributed by atoms with van der Waals surface area (Å²) in [5.74, 6) is 0.606. The first-order chi connectivity index (χ1) is 15.5. The van der Waals surface area contributed by atoms with Crippen LogP contribution in [0, 0.1) is 11.3 Å². The van der Waals surface area contributed by atoms with Crippen molar-refractivity contribution in [2.24, 2.45) is 0 Å². The number of aliphatic hydroxyl groups excluding tert-OH is 1. The average molecular weight is 493 g/mol. The molecule has 0 bridgehead atoms. The Balaban J connectivity index is 1.72. The average Bonchev–Trinajstić information content (AvgIpc) is 3.29. The fourth-order valence-corrected chi connectivity index (χ4v) is 4.57. The number of nitriles is 1. The number of ether oxygens (including phenoxy) is 1. The third kappa shape index (κ3) is 6.50. The maximum atomic E-state index is 13.6. The summed E-state index contributed by atoms with van der Waals surface area (Å²) in [7, 11) is 0. The van der Waals surface area contributed by atoms with E-state index in [1.807, 2.05) is 24.3 Å². The fourth-order valence-electron chi connectivity index (χ4n) is 2.98. The number of aromatic nitrogens is 1. The number of hydrogen-bond donors (Lipinski definition) is 1. The van der Waals surface area contributed by atoms with Crippen molar-refractivity contribution in [3.63, 3.8) is 0 Å². The number of benzene rings is 1. The summed E-state index contributed by atoms with van der Waals surface area (Å²) in [4.78, 5) is 4.85. The minimum absolute atomic E-state index is 0.00699. The lowest BCUT2D eigenvalue weighted by molar-refractivity contribution is -0.138. The third-order valence-electron chi connectivity index (χ3n) is 4.75. The van der Waals surface area contributed by atoms with Crippen molar-refractivity contribution in [2.45, 2.75) is 43.5 Å². The molecule has 174 valence electrons. The minimum atomic E-state index is -4.70. The Kier molecular flexibility index (Phi) is 7.73. The summed E-state index contributed by atoms with van der Waals surface area (Å²) in [5, 5.41) is 21.4. The number of pyridine rings is 1. The topological polar surface area (TPSA) is 66.1 Å². The van der Waals surface area contributed by atoms with Gasteiger partial charge in [-0.05, 0) is 40.6 Å². The van der Waals surface area contributed by atoms with Crippen molar-refractivity contribution in [1.29, 1.82) is 5.26 Å². The van der Waals surface area contributed by atoms with Crippen LogP contribution in [-0.4, -0.2) is 28.6 Å². The molecule has 3 rings (SSSR count). The highest BCUT2D eigenvalue weighted by Crippen LogP contribution is 2.38. The lowest BCUT2D eigenvalue weighted by atomic mass is 9.87. The van der Waals surface area contributed by atoms with E-state index in [4.69, 9.17) is 4.74 Å². The van der Waals surface area contributed by atoms with Gasteiger partial charge in [-0.1, -0.05) is 39.0 Å². The maximum absolute atomic E-state index is 13.6. The van der Waals surface area contributed by atoms with Crippen molar-refractivity contribution < 1.29 is 23.0 Å². The van der Waals surface area contributed by atoms with Crippen LogP contribution < -0.4 is 4.74 Å². The second kappa shape index (κ2) is 10.2. The van der Waals surface area contributed by atoms with Crippen LogP contribution in [0.4, 0.5) is 13.2 Å². The van der Waals surface area contributed by atoms with Crippen molar-refractivity contribution in [3.8, 4) is 22.4 Å². The minimum Gasteiger partial charge on any atom is -0.491 e. The van der Waals surface area contributed by atoms with Crippen LogP contribution in [0.5, 0.6) is 5.75 Å². The lowest BCUT2D eigenvalue weighted by Gasteiger charge is -2.19. The van der Waals surface area contributed by atoms with Gasteiger partial charge in [0.05, 0.1) is 27.8 Å². The molecule has 0 spiro atoms. The highest BCUT2D eigenvalue weighted by atomic mass is 32.2. The SMILES string of the molecule is CC(C)(C)c1ccc(OC[C@@H](O)CSc2nc(-c3cccs3)cc(C(F)(F)F)c2C#N)cc1. The predicted octanol–water partition coefficient (Wildman–Crippen LogP) is 6.53. The van der Waals surface area contributed by atoms with Crippen LogP contribution >= 0.6 is 23.1 Å². The van der Waals surface area contributed by atoms with Gasteiger partial charge >= 0.3 is 6.18 Å². The largest absolute Gasteiger partial charge is 0.491 e. The van der Waals surface area contributed by atoms with Crippen molar-refractivity contribution in [1.82, 2.24) is 4.98 Å². The smallest absolute Gasteiger partial charge is 0.417 e. The maximum Gasteiger partial charge on any atom is 0.417 e. The molecule has 0 aliphatic carbocycles. The van der Waals surface area contributed by atoms with E-state index in [1.54, 1.807) is 23.6 Å². The molecule has 0 aliphatic heterocycles. The first-order valence-corrected chi connectivity index (χ1v) is 12.0. The van der Waals surface area contributed by atoms with E-state index in [9.17, 15) is 23.5 Å². The van der Waals surface area contributed by atoms with Crippen LogP contribution in [0.3, 0.4) is 0 Å². The summed E-state index contributed by atoms with van der Waals surface area (Å²) in [6.07, 6.45) is -5.67. The van der Waals surface area contributed by atoms with Gasteiger partial charge in [-0.25, -0.2) is 4.98 Å². The van der Waals surface area contributed by atoms with Gasteiger partial charge in [-0.3, -0.25) is 0 Å². The summed E-state index contributed by atoms with van der Waals surface area (Å²) in [5.41, 5.74) is -0.280. The van der Waals surface area contributed by atoms with Gasteiger partial charge in [-0.2, -0.15) is 18.4 Å². The molecule has 9 heteroatoms. The molecule has 3 aromatic rings. The fraction of sp³-hybridized carbons (Fsp3) is 0.333. The van der Waals surface area contributed by atoms with Gasteiger partial charge in [0.1, 0.15) is 23.5 Å². The quantitative estimate of drug-likeness (QED) is 0.380. The van der Waals surface area contributed by atoms with E-state index in [2.05, 4.69) is 25.8 Å². The second-order valence-electron chi connectivity index (χ2n) is 8.37. The zero-order valence-corrected chi connectivity index (χ0v) is 19.9. The number of thiophene rings is 1. The van der Waals surface area contributed by atoms with E-state index in [0.717, 1.165) is 23.4 Å². The van der Waals surface area contributed by atoms with E-state index >= 15 is 0 Å². The molecule has 1 atom stereocenters. The highest BCUT2D eigenvalue weighted by Gasteiger charge is 2.36.